The summed E-state index contributed by atoms with van der Waals surface area (Å²) in [4.78, 5) is 25.9. The molecule has 1 aliphatic heterocycles. The average Bonchev–Trinajstić information content (AvgIpc) is 2.75. The number of carbonyl (C=O) groups is 2. The van der Waals surface area contributed by atoms with Crippen molar-refractivity contribution in [2.45, 2.75) is 13.1 Å². The van der Waals surface area contributed by atoms with Crippen LogP contribution in [0.1, 0.15) is 31.8 Å². The second-order valence-electron chi connectivity index (χ2n) is 5.09. The zero-order valence-corrected chi connectivity index (χ0v) is 11.8. The molecule has 1 heterocycles. The summed E-state index contributed by atoms with van der Waals surface area (Å²) in [6, 6.07) is 14.9. The molecule has 0 aromatic heterocycles. The maximum atomic E-state index is 12.3. The minimum absolute atomic E-state index is 0.213. The van der Waals surface area contributed by atoms with Gasteiger partial charge in [0.25, 0.3) is 11.8 Å². The Morgan fingerprint density at radius 2 is 1.38 bits per heavy atom. The molecule has 106 valence electrons. The summed E-state index contributed by atoms with van der Waals surface area (Å²) in [5.41, 5.74) is 3.11. The molecule has 1 N–H and O–H groups in total. The lowest BCUT2D eigenvalue weighted by Crippen LogP contribution is -2.29. The third-order valence-corrected chi connectivity index (χ3v) is 3.62. The van der Waals surface area contributed by atoms with Crippen molar-refractivity contribution in [3.05, 3.63) is 70.8 Å². The average molecular weight is 280 g/mol. The zero-order valence-electron chi connectivity index (χ0n) is 11.8. The molecule has 3 rings (SSSR count). The lowest BCUT2D eigenvalue weighted by Gasteiger charge is -2.14. The Bertz CT molecular complexity index is 657. The number of nitrogens with one attached hydrogen (secondary N) is 1. The largest absolute Gasteiger partial charge is 0.316 e. The number of hydrogen-bond donors (Lipinski definition) is 1. The molecule has 0 saturated heterocycles. The Hall–Kier alpha value is -2.46. The van der Waals surface area contributed by atoms with Crippen molar-refractivity contribution >= 4 is 11.8 Å². The van der Waals surface area contributed by atoms with Crippen LogP contribution in [0.3, 0.4) is 0 Å². The lowest BCUT2D eigenvalue weighted by atomic mass is 10.1. The zero-order chi connectivity index (χ0) is 14.8. The van der Waals surface area contributed by atoms with Crippen molar-refractivity contribution in [2.24, 2.45) is 0 Å². The Labute approximate surface area is 123 Å². The molecule has 2 aromatic carbocycles. The first kappa shape index (κ1) is 13.5. The monoisotopic (exact) mass is 280 g/mol. The standard InChI is InChI=1S/C17H16N2O2/c1-18-10-12-6-8-13(9-7-12)11-19-16(20)14-4-2-3-5-15(14)17(19)21/h2-9,18H,10-11H2,1H3. The first-order valence-electron chi connectivity index (χ1n) is 6.88. The van der Waals surface area contributed by atoms with E-state index < -0.39 is 0 Å². The molecule has 0 fully saturated rings. The summed E-state index contributed by atoms with van der Waals surface area (Å²) in [7, 11) is 1.90. The van der Waals surface area contributed by atoms with Crippen LogP contribution in [0.15, 0.2) is 48.5 Å². The summed E-state index contributed by atoms with van der Waals surface area (Å²) >= 11 is 0. The highest BCUT2D eigenvalue weighted by Crippen LogP contribution is 2.24. The van der Waals surface area contributed by atoms with Gasteiger partial charge in [-0.25, -0.2) is 0 Å². The second kappa shape index (κ2) is 5.50. The predicted molar refractivity (Wildman–Crippen MR) is 79.9 cm³/mol. The van der Waals surface area contributed by atoms with E-state index in [1.807, 2.05) is 31.3 Å². The molecule has 0 aliphatic carbocycles. The Kier molecular flexibility index (Phi) is 3.54. The van der Waals surface area contributed by atoms with Gasteiger partial charge in [-0.3, -0.25) is 14.5 Å². The molecule has 0 radical (unpaired) electrons. The van der Waals surface area contributed by atoms with Gasteiger partial charge < -0.3 is 5.32 Å². The summed E-state index contributed by atoms with van der Waals surface area (Å²) in [6.07, 6.45) is 0. The second-order valence-corrected chi connectivity index (χ2v) is 5.09. The van der Waals surface area contributed by atoms with E-state index in [1.165, 1.54) is 10.5 Å². The lowest BCUT2D eigenvalue weighted by molar-refractivity contribution is 0.0642. The summed E-state index contributed by atoms with van der Waals surface area (Å²) < 4.78 is 0. The number of imide groups is 1. The molecule has 4 heteroatoms. The van der Waals surface area contributed by atoms with Crippen LogP contribution in [0.2, 0.25) is 0 Å². The molecule has 0 saturated carbocycles. The fraction of sp³-hybridized carbons (Fsp3) is 0.176. The quantitative estimate of drug-likeness (QED) is 0.874. The Morgan fingerprint density at radius 3 is 1.90 bits per heavy atom. The van der Waals surface area contributed by atoms with E-state index in [0.29, 0.717) is 17.7 Å². The van der Waals surface area contributed by atoms with Crippen LogP contribution in [0, 0.1) is 0 Å². The van der Waals surface area contributed by atoms with Crippen LogP contribution >= 0.6 is 0 Å². The van der Waals surface area contributed by atoms with Crippen LogP contribution < -0.4 is 5.32 Å². The fourth-order valence-electron chi connectivity index (χ4n) is 2.53. The van der Waals surface area contributed by atoms with Crippen molar-refractivity contribution in [1.29, 1.82) is 0 Å². The van der Waals surface area contributed by atoms with Crippen LogP contribution in [0.4, 0.5) is 0 Å². The van der Waals surface area contributed by atoms with Gasteiger partial charge in [0, 0.05) is 6.54 Å². The summed E-state index contributed by atoms with van der Waals surface area (Å²) in [5, 5.41) is 3.08. The Morgan fingerprint density at radius 1 is 0.857 bits per heavy atom. The summed E-state index contributed by atoms with van der Waals surface area (Å²) in [6.45, 7) is 1.11. The van der Waals surface area contributed by atoms with E-state index in [1.54, 1.807) is 24.3 Å². The fourth-order valence-corrected chi connectivity index (χ4v) is 2.53. The van der Waals surface area contributed by atoms with Gasteiger partial charge in [0.1, 0.15) is 0 Å². The van der Waals surface area contributed by atoms with E-state index >= 15 is 0 Å². The molecule has 0 spiro atoms. The molecule has 0 unspecified atom stereocenters. The molecular formula is C17H16N2O2. The maximum absolute atomic E-state index is 12.3. The van der Waals surface area contributed by atoms with Gasteiger partial charge in [0.05, 0.1) is 17.7 Å². The first-order valence-corrected chi connectivity index (χ1v) is 6.88. The molecule has 1 aliphatic rings. The molecule has 0 atom stereocenters. The highest BCUT2D eigenvalue weighted by molar-refractivity contribution is 6.21. The third kappa shape index (κ3) is 2.45. The van der Waals surface area contributed by atoms with Crippen LogP contribution in [0.5, 0.6) is 0 Å². The van der Waals surface area contributed by atoms with Gasteiger partial charge in [0.15, 0.2) is 0 Å². The highest BCUT2D eigenvalue weighted by Gasteiger charge is 2.34. The predicted octanol–water partition coefficient (Wildman–Crippen LogP) is 2.20. The van der Waals surface area contributed by atoms with Gasteiger partial charge in [-0.1, -0.05) is 36.4 Å². The van der Waals surface area contributed by atoms with Crippen LogP contribution in [-0.4, -0.2) is 23.8 Å². The van der Waals surface area contributed by atoms with Crippen molar-refractivity contribution in [1.82, 2.24) is 10.2 Å². The molecular weight excluding hydrogens is 264 g/mol. The first-order chi connectivity index (χ1) is 10.2. The van der Waals surface area contributed by atoms with Crippen LogP contribution in [0.25, 0.3) is 0 Å². The normalized spacial score (nSPS) is 13.7. The molecule has 4 nitrogen and oxygen atoms in total. The number of nitrogens with zero attached hydrogens (tertiary/aromatic N) is 1. The van der Waals surface area contributed by atoms with Crippen molar-refractivity contribution < 1.29 is 9.59 Å². The van der Waals surface area contributed by atoms with Crippen molar-refractivity contribution in [3.8, 4) is 0 Å². The number of hydrogen-bond acceptors (Lipinski definition) is 3. The van der Waals surface area contributed by atoms with Crippen LogP contribution in [-0.2, 0) is 13.1 Å². The van der Waals surface area contributed by atoms with Gasteiger partial charge in [0.2, 0.25) is 0 Å². The highest BCUT2D eigenvalue weighted by atomic mass is 16.2. The third-order valence-electron chi connectivity index (χ3n) is 3.62. The van der Waals surface area contributed by atoms with E-state index in [2.05, 4.69) is 5.32 Å². The van der Waals surface area contributed by atoms with E-state index in [-0.39, 0.29) is 11.8 Å². The minimum Gasteiger partial charge on any atom is -0.316 e. The summed E-state index contributed by atoms with van der Waals surface area (Å²) in [5.74, 6) is -0.426. The topological polar surface area (TPSA) is 49.4 Å². The molecule has 21 heavy (non-hydrogen) atoms. The SMILES string of the molecule is CNCc1ccc(CN2C(=O)c3ccccc3C2=O)cc1. The van der Waals surface area contributed by atoms with E-state index in [4.69, 9.17) is 0 Å². The minimum atomic E-state index is -0.213. The number of fused-ring (bicyclic) bond motifs is 1. The molecule has 2 amide bonds. The Balaban J connectivity index is 1.80. The number of amides is 2. The maximum Gasteiger partial charge on any atom is 0.261 e. The van der Waals surface area contributed by atoms with Gasteiger partial charge in [-0.15, -0.1) is 0 Å². The van der Waals surface area contributed by atoms with Gasteiger partial charge >= 0.3 is 0 Å². The van der Waals surface area contributed by atoms with Gasteiger partial charge in [-0.2, -0.15) is 0 Å². The number of benzene rings is 2. The smallest absolute Gasteiger partial charge is 0.261 e. The van der Waals surface area contributed by atoms with E-state index in [0.717, 1.165) is 12.1 Å². The number of carbonyl (C=O) groups excluding carboxylic acids is 2. The van der Waals surface area contributed by atoms with Crippen molar-refractivity contribution in [2.75, 3.05) is 7.05 Å². The number of rotatable bonds is 4. The molecule has 0 bridgehead atoms. The molecule has 2 aromatic rings. The van der Waals surface area contributed by atoms with E-state index in [9.17, 15) is 9.59 Å². The van der Waals surface area contributed by atoms with Gasteiger partial charge in [-0.05, 0) is 30.3 Å². The van der Waals surface area contributed by atoms with Crippen molar-refractivity contribution in [3.63, 3.8) is 0 Å².